The predicted octanol–water partition coefficient (Wildman–Crippen LogP) is 2.60. The fraction of sp³-hybridized carbons (Fsp3) is 0.0455. The fourth-order valence-electron chi connectivity index (χ4n) is 2.93. The Balaban J connectivity index is 1.69. The Bertz CT molecular complexity index is 1230. The number of benzene rings is 2. The summed E-state index contributed by atoms with van der Waals surface area (Å²) in [5, 5.41) is 9.18. The molecule has 0 saturated heterocycles. The molecule has 142 valence electrons. The van der Waals surface area contributed by atoms with Crippen LogP contribution in [0.25, 0.3) is 10.8 Å². The molecule has 2 aromatic carbocycles. The summed E-state index contributed by atoms with van der Waals surface area (Å²) in [5.74, 6) is -0.504. The topological polar surface area (TPSA) is 89.2 Å². The van der Waals surface area contributed by atoms with E-state index in [-0.39, 0.29) is 17.8 Å². The van der Waals surface area contributed by atoms with Gasteiger partial charge in [-0.25, -0.2) is 10.1 Å². The van der Waals surface area contributed by atoms with Crippen molar-refractivity contribution in [2.75, 3.05) is 0 Å². The van der Waals surface area contributed by atoms with E-state index in [0.717, 1.165) is 5.56 Å². The summed E-state index contributed by atoms with van der Waals surface area (Å²) >= 11 is 0. The van der Waals surface area contributed by atoms with E-state index in [1.807, 2.05) is 36.4 Å². The summed E-state index contributed by atoms with van der Waals surface area (Å²) in [7, 11) is 0. The Morgan fingerprint density at radius 1 is 0.966 bits per heavy atom. The minimum Gasteiger partial charge on any atom is -0.267 e. The molecular weight excluding hydrogens is 366 g/mol. The number of hydrogen-bond donors (Lipinski definition) is 1. The zero-order chi connectivity index (χ0) is 20.1. The molecule has 0 aliphatic heterocycles. The van der Waals surface area contributed by atoms with Crippen LogP contribution in [0, 0.1) is 0 Å². The molecule has 7 heteroatoms. The molecule has 1 N–H and O–H groups in total. The Kier molecular flexibility index (Phi) is 5.20. The number of fused-ring (bicyclic) bond motifs is 1. The zero-order valence-corrected chi connectivity index (χ0v) is 15.4. The highest BCUT2D eigenvalue weighted by molar-refractivity contribution is 6.04. The highest BCUT2D eigenvalue weighted by Gasteiger charge is 2.16. The van der Waals surface area contributed by atoms with Gasteiger partial charge in [-0.05, 0) is 23.8 Å². The molecule has 0 aliphatic rings. The Morgan fingerprint density at radius 3 is 2.45 bits per heavy atom. The molecule has 0 bridgehead atoms. The van der Waals surface area contributed by atoms with E-state index in [2.05, 4.69) is 20.6 Å². The number of hydrogen-bond acceptors (Lipinski definition) is 5. The number of amides is 1. The first kappa shape index (κ1) is 18.2. The number of hydrazone groups is 1. The molecule has 0 fully saturated rings. The lowest BCUT2D eigenvalue weighted by Gasteiger charge is -2.10. The van der Waals surface area contributed by atoms with E-state index in [1.165, 1.54) is 10.9 Å². The molecule has 2 heterocycles. The van der Waals surface area contributed by atoms with Crippen molar-refractivity contribution in [3.8, 4) is 0 Å². The SMILES string of the molecule is O=C(N/N=C\c1ccccn1)c1nn(Cc2ccccc2)c(=O)c2ccccc12. The molecule has 4 aromatic rings. The predicted molar refractivity (Wildman–Crippen MR) is 111 cm³/mol. The largest absolute Gasteiger partial charge is 0.292 e. The maximum Gasteiger partial charge on any atom is 0.292 e. The van der Waals surface area contributed by atoms with Crippen LogP contribution in [-0.2, 0) is 6.54 Å². The lowest BCUT2D eigenvalue weighted by molar-refractivity contribution is 0.0949. The van der Waals surface area contributed by atoms with Gasteiger partial charge in [0.15, 0.2) is 5.69 Å². The van der Waals surface area contributed by atoms with Gasteiger partial charge in [0.2, 0.25) is 0 Å². The summed E-state index contributed by atoms with van der Waals surface area (Å²) in [6.45, 7) is 0.266. The quantitative estimate of drug-likeness (QED) is 0.424. The van der Waals surface area contributed by atoms with E-state index in [0.29, 0.717) is 16.5 Å². The van der Waals surface area contributed by atoms with Crippen molar-refractivity contribution < 1.29 is 4.79 Å². The first-order valence-corrected chi connectivity index (χ1v) is 9.00. The van der Waals surface area contributed by atoms with Crippen LogP contribution in [0.5, 0.6) is 0 Å². The summed E-state index contributed by atoms with van der Waals surface area (Å²) in [4.78, 5) is 29.7. The second-order valence-electron chi connectivity index (χ2n) is 6.30. The second kappa shape index (κ2) is 8.26. The van der Waals surface area contributed by atoms with E-state index in [4.69, 9.17) is 0 Å². The van der Waals surface area contributed by atoms with Gasteiger partial charge in [-0.15, -0.1) is 0 Å². The Morgan fingerprint density at radius 2 is 1.69 bits per heavy atom. The highest BCUT2D eigenvalue weighted by Crippen LogP contribution is 2.14. The molecule has 0 unspecified atom stereocenters. The molecule has 29 heavy (non-hydrogen) atoms. The summed E-state index contributed by atoms with van der Waals surface area (Å²) in [5.41, 5.74) is 3.87. The van der Waals surface area contributed by atoms with Gasteiger partial charge < -0.3 is 0 Å². The second-order valence-corrected chi connectivity index (χ2v) is 6.30. The number of carbonyl (C=O) groups is 1. The van der Waals surface area contributed by atoms with E-state index in [1.54, 1.807) is 42.6 Å². The Labute approximate surface area is 166 Å². The number of carbonyl (C=O) groups excluding carboxylic acids is 1. The highest BCUT2D eigenvalue weighted by atomic mass is 16.2. The van der Waals surface area contributed by atoms with Gasteiger partial charge in [0, 0.05) is 11.6 Å². The van der Waals surface area contributed by atoms with Crippen molar-refractivity contribution in [1.82, 2.24) is 20.2 Å². The molecule has 0 spiro atoms. The number of rotatable bonds is 5. The third-order valence-electron chi connectivity index (χ3n) is 4.31. The number of nitrogens with zero attached hydrogens (tertiary/aromatic N) is 4. The zero-order valence-electron chi connectivity index (χ0n) is 15.4. The third-order valence-corrected chi connectivity index (χ3v) is 4.31. The van der Waals surface area contributed by atoms with Crippen molar-refractivity contribution in [1.29, 1.82) is 0 Å². The lowest BCUT2D eigenvalue weighted by atomic mass is 10.1. The van der Waals surface area contributed by atoms with Crippen LogP contribution in [0.4, 0.5) is 0 Å². The van der Waals surface area contributed by atoms with Crippen molar-refractivity contribution in [2.24, 2.45) is 5.10 Å². The van der Waals surface area contributed by atoms with Crippen LogP contribution < -0.4 is 11.0 Å². The maximum atomic E-state index is 12.8. The van der Waals surface area contributed by atoms with Crippen LogP contribution in [0.1, 0.15) is 21.7 Å². The molecule has 0 aliphatic carbocycles. The van der Waals surface area contributed by atoms with E-state index in [9.17, 15) is 9.59 Å². The third kappa shape index (κ3) is 4.08. The van der Waals surface area contributed by atoms with Crippen molar-refractivity contribution in [3.05, 3.63) is 106 Å². The molecule has 0 saturated carbocycles. The van der Waals surface area contributed by atoms with Gasteiger partial charge in [-0.1, -0.05) is 54.6 Å². The standard InChI is InChI=1S/C22H17N5O2/c28-21(25-24-14-17-10-6-7-13-23-17)20-18-11-4-5-12-19(18)22(29)27(26-20)15-16-8-2-1-3-9-16/h1-14H,15H2,(H,25,28)/b24-14-. The van der Waals surface area contributed by atoms with Crippen LogP contribution in [0.2, 0.25) is 0 Å². The smallest absolute Gasteiger partial charge is 0.267 e. The van der Waals surface area contributed by atoms with Gasteiger partial charge >= 0.3 is 0 Å². The van der Waals surface area contributed by atoms with Crippen LogP contribution in [-0.4, -0.2) is 26.9 Å². The van der Waals surface area contributed by atoms with Crippen LogP contribution >= 0.6 is 0 Å². The normalized spacial score (nSPS) is 11.0. The first-order valence-electron chi connectivity index (χ1n) is 9.00. The summed E-state index contributed by atoms with van der Waals surface area (Å²) in [6.07, 6.45) is 3.08. The number of aromatic nitrogens is 3. The molecule has 2 aromatic heterocycles. The van der Waals surface area contributed by atoms with Gasteiger partial charge in [-0.2, -0.15) is 10.2 Å². The molecule has 7 nitrogen and oxygen atoms in total. The van der Waals surface area contributed by atoms with Crippen LogP contribution in [0.15, 0.2) is 88.9 Å². The van der Waals surface area contributed by atoms with Gasteiger partial charge in [0.05, 0.1) is 23.8 Å². The molecule has 1 amide bonds. The van der Waals surface area contributed by atoms with Crippen molar-refractivity contribution >= 4 is 22.9 Å². The van der Waals surface area contributed by atoms with Gasteiger partial charge in [-0.3, -0.25) is 14.6 Å². The number of nitrogens with one attached hydrogen (secondary N) is 1. The number of pyridine rings is 1. The van der Waals surface area contributed by atoms with Crippen LogP contribution in [0.3, 0.4) is 0 Å². The van der Waals surface area contributed by atoms with E-state index >= 15 is 0 Å². The van der Waals surface area contributed by atoms with Gasteiger partial charge in [0.25, 0.3) is 11.5 Å². The van der Waals surface area contributed by atoms with Crippen molar-refractivity contribution in [3.63, 3.8) is 0 Å². The lowest BCUT2D eigenvalue weighted by Crippen LogP contribution is -2.29. The maximum absolute atomic E-state index is 12.8. The average Bonchev–Trinajstić information content (AvgIpc) is 2.77. The minimum atomic E-state index is -0.504. The molecule has 4 rings (SSSR count). The first-order chi connectivity index (χ1) is 14.2. The van der Waals surface area contributed by atoms with E-state index < -0.39 is 5.91 Å². The Hall–Kier alpha value is -4.13. The summed E-state index contributed by atoms with van der Waals surface area (Å²) in [6, 6.07) is 21.8. The molecule has 0 radical (unpaired) electrons. The van der Waals surface area contributed by atoms with Crippen molar-refractivity contribution in [2.45, 2.75) is 6.54 Å². The average molecular weight is 383 g/mol. The monoisotopic (exact) mass is 383 g/mol. The summed E-state index contributed by atoms with van der Waals surface area (Å²) < 4.78 is 1.30. The fourth-order valence-corrected chi connectivity index (χ4v) is 2.93. The minimum absolute atomic E-state index is 0.134. The van der Waals surface area contributed by atoms with Gasteiger partial charge in [0.1, 0.15) is 0 Å². The molecule has 0 atom stereocenters. The molecular formula is C22H17N5O2.